The summed E-state index contributed by atoms with van der Waals surface area (Å²) in [5, 5.41) is 11.4. The molecule has 0 unspecified atom stereocenters. The molecule has 2 N–H and O–H groups in total. The lowest BCUT2D eigenvalue weighted by atomic mass is 9.37. The Labute approximate surface area is 99.6 Å². The first kappa shape index (κ1) is 10.4. The van der Waals surface area contributed by atoms with Gasteiger partial charge < -0.3 is 15.2 Å². The number of hydrogen-bond acceptors (Lipinski definition) is 2. The molecule has 4 heteroatoms. The van der Waals surface area contributed by atoms with E-state index in [0.29, 0.717) is 0 Å². The molecule has 1 aromatic rings. The van der Waals surface area contributed by atoms with Crippen LogP contribution in [-0.2, 0) is 5.41 Å². The maximum atomic E-state index is 10.6. The summed E-state index contributed by atoms with van der Waals surface area (Å²) >= 11 is 0. The normalized spacial score (nSPS) is 33.2. The first-order chi connectivity index (χ1) is 8.07. The molecule has 3 fully saturated rings. The number of carbonyl (C=O) groups is 1. The fourth-order valence-corrected chi connectivity index (χ4v) is 3.40. The van der Waals surface area contributed by atoms with E-state index in [-0.39, 0.29) is 11.0 Å². The first-order valence-electron chi connectivity index (χ1n) is 5.73. The Morgan fingerprint density at radius 2 is 1.88 bits per heavy atom. The summed E-state index contributed by atoms with van der Waals surface area (Å²) < 4.78 is 5.13. The molecular weight excluding hydrogens is 218 g/mol. The summed E-state index contributed by atoms with van der Waals surface area (Å²) in [6.07, 6.45) is 1.88. The van der Waals surface area contributed by atoms with Crippen LogP contribution in [0.1, 0.15) is 24.8 Å². The van der Waals surface area contributed by atoms with Gasteiger partial charge in [-0.05, 0) is 37.0 Å². The lowest BCUT2D eigenvalue weighted by molar-refractivity contribution is -0.0821. The van der Waals surface area contributed by atoms with E-state index in [4.69, 9.17) is 9.84 Å². The number of nitrogens with one attached hydrogen (secondary N) is 1. The van der Waals surface area contributed by atoms with E-state index in [1.165, 1.54) is 5.56 Å². The number of ether oxygens (including phenoxy) is 1. The van der Waals surface area contributed by atoms with Gasteiger partial charge in [-0.3, -0.25) is 0 Å². The van der Waals surface area contributed by atoms with Crippen LogP contribution in [-0.4, -0.2) is 23.8 Å². The molecule has 3 aliphatic rings. The van der Waals surface area contributed by atoms with Crippen molar-refractivity contribution in [3.63, 3.8) is 0 Å². The summed E-state index contributed by atoms with van der Waals surface area (Å²) in [4.78, 5) is 10.6. The molecule has 17 heavy (non-hydrogen) atoms. The van der Waals surface area contributed by atoms with Crippen molar-refractivity contribution >= 4 is 6.09 Å². The summed E-state index contributed by atoms with van der Waals surface area (Å²) in [5.41, 5.74) is 1.38. The molecule has 1 amide bonds. The third-order valence-electron chi connectivity index (χ3n) is 4.10. The summed E-state index contributed by atoms with van der Waals surface area (Å²) in [5.74, 6) is 0.860. The lowest BCUT2D eigenvalue weighted by Gasteiger charge is -2.70. The molecule has 0 aromatic heterocycles. The average molecular weight is 233 g/mol. The highest BCUT2D eigenvalue weighted by molar-refractivity contribution is 5.67. The van der Waals surface area contributed by atoms with Gasteiger partial charge in [0, 0.05) is 11.0 Å². The molecule has 0 radical (unpaired) electrons. The van der Waals surface area contributed by atoms with E-state index in [1.54, 1.807) is 7.11 Å². The fraction of sp³-hybridized carbons (Fsp3) is 0.462. The second kappa shape index (κ2) is 3.15. The monoisotopic (exact) mass is 233 g/mol. The molecule has 1 aromatic carbocycles. The Bertz CT molecular complexity index is 446. The van der Waals surface area contributed by atoms with Gasteiger partial charge in [-0.15, -0.1) is 0 Å². The van der Waals surface area contributed by atoms with Crippen molar-refractivity contribution in [2.45, 2.75) is 30.2 Å². The van der Waals surface area contributed by atoms with Crippen LogP contribution in [0, 0.1) is 0 Å². The van der Waals surface area contributed by atoms with E-state index in [2.05, 4.69) is 17.4 Å². The highest BCUT2D eigenvalue weighted by Crippen LogP contribution is 2.67. The van der Waals surface area contributed by atoms with Crippen molar-refractivity contribution in [3.05, 3.63) is 29.8 Å². The third kappa shape index (κ3) is 1.40. The van der Waals surface area contributed by atoms with Gasteiger partial charge in [-0.25, -0.2) is 4.79 Å². The number of methoxy groups -OCH3 is 1. The van der Waals surface area contributed by atoms with Gasteiger partial charge in [0.25, 0.3) is 0 Å². The van der Waals surface area contributed by atoms with Crippen LogP contribution in [0.4, 0.5) is 4.79 Å². The Hall–Kier alpha value is -1.71. The summed E-state index contributed by atoms with van der Waals surface area (Å²) in [6.45, 7) is 0. The third-order valence-corrected chi connectivity index (χ3v) is 4.10. The molecule has 4 nitrogen and oxygen atoms in total. The van der Waals surface area contributed by atoms with Gasteiger partial charge in [0.2, 0.25) is 0 Å². The summed E-state index contributed by atoms with van der Waals surface area (Å²) in [7, 11) is 1.65. The molecule has 0 atom stereocenters. The van der Waals surface area contributed by atoms with Crippen LogP contribution >= 0.6 is 0 Å². The Balaban J connectivity index is 1.71. The first-order valence-corrected chi connectivity index (χ1v) is 5.73. The molecule has 0 heterocycles. The van der Waals surface area contributed by atoms with Gasteiger partial charge in [-0.2, -0.15) is 0 Å². The highest BCUT2D eigenvalue weighted by Gasteiger charge is 2.69. The van der Waals surface area contributed by atoms with E-state index in [1.807, 2.05) is 12.1 Å². The molecule has 3 aliphatic carbocycles. The molecule has 2 bridgehead atoms. The van der Waals surface area contributed by atoms with Gasteiger partial charge in [0.15, 0.2) is 0 Å². The molecule has 0 spiro atoms. The van der Waals surface area contributed by atoms with Crippen LogP contribution < -0.4 is 10.1 Å². The van der Waals surface area contributed by atoms with E-state index in [9.17, 15) is 4.79 Å². The maximum Gasteiger partial charge on any atom is 0.405 e. The van der Waals surface area contributed by atoms with Crippen LogP contribution in [0.5, 0.6) is 5.75 Å². The highest BCUT2D eigenvalue weighted by atomic mass is 16.5. The number of carboxylic acid groups (broad SMARTS) is 1. The minimum Gasteiger partial charge on any atom is -0.497 e. The van der Waals surface area contributed by atoms with Gasteiger partial charge in [-0.1, -0.05) is 12.1 Å². The van der Waals surface area contributed by atoms with Crippen molar-refractivity contribution in [1.82, 2.24) is 5.32 Å². The molecule has 90 valence electrons. The zero-order valence-corrected chi connectivity index (χ0v) is 9.69. The molecular formula is C13H15NO3. The van der Waals surface area contributed by atoms with Crippen LogP contribution in [0.3, 0.4) is 0 Å². The number of rotatable bonds is 3. The predicted octanol–water partition coefficient (Wildman–Crippen LogP) is 2.14. The lowest BCUT2D eigenvalue weighted by Crippen LogP contribution is -2.76. The molecule has 4 rings (SSSR count). The Morgan fingerprint density at radius 3 is 2.35 bits per heavy atom. The number of amides is 1. The zero-order valence-electron chi connectivity index (χ0n) is 9.69. The van der Waals surface area contributed by atoms with E-state index < -0.39 is 6.09 Å². The van der Waals surface area contributed by atoms with Crippen molar-refractivity contribution in [1.29, 1.82) is 0 Å². The van der Waals surface area contributed by atoms with Gasteiger partial charge >= 0.3 is 6.09 Å². The van der Waals surface area contributed by atoms with Crippen molar-refractivity contribution in [2.24, 2.45) is 0 Å². The quantitative estimate of drug-likeness (QED) is 0.840. The summed E-state index contributed by atoms with van der Waals surface area (Å²) in [6, 6.07) is 8.10. The second-order valence-corrected chi connectivity index (χ2v) is 5.25. The van der Waals surface area contributed by atoms with E-state index >= 15 is 0 Å². The second-order valence-electron chi connectivity index (χ2n) is 5.25. The molecule has 0 saturated heterocycles. The molecule has 0 aliphatic heterocycles. The topological polar surface area (TPSA) is 58.6 Å². The minimum absolute atomic E-state index is 0.133. The standard InChI is InChI=1S/C13H15NO3/c1-17-10-4-2-9(3-5-10)12-6-13(7-12,8-12)14-11(15)16/h2-5,14H,6-8H2,1H3,(H,15,16). The van der Waals surface area contributed by atoms with Crippen molar-refractivity contribution < 1.29 is 14.6 Å². The largest absolute Gasteiger partial charge is 0.497 e. The van der Waals surface area contributed by atoms with Gasteiger partial charge in [0.1, 0.15) is 5.75 Å². The van der Waals surface area contributed by atoms with Gasteiger partial charge in [0.05, 0.1) is 7.11 Å². The smallest absolute Gasteiger partial charge is 0.405 e. The minimum atomic E-state index is -0.909. The predicted molar refractivity (Wildman–Crippen MR) is 62.4 cm³/mol. The maximum absolute atomic E-state index is 10.6. The van der Waals surface area contributed by atoms with Crippen molar-refractivity contribution in [2.75, 3.05) is 7.11 Å². The zero-order chi connectivity index (χ0) is 12.1. The Kier molecular flexibility index (Phi) is 1.94. The van der Waals surface area contributed by atoms with Crippen molar-refractivity contribution in [3.8, 4) is 5.75 Å². The van der Waals surface area contributed by atoms with Crippen LogP contribution in [0.15, 0.2) is 24.3 Å². The number of hydrogen-bond donors (Lipinski definition) is 2. The molecule has 3 saturated carbocycles. The number of benzene rings is 1. The average Bonchev–Trinajstić information content (AvgIpc) is 2.21. The van der Waals surface area contributed by atoms with E-state index in [0.717, 1.165) is 25.0 Å². The van der Waals surface area contributed by atoms with Crippen LogP contribution in [0.2, 0.25) is 0 Å². The fourth-order valence-electron chi connectivity index (χ4n) is 3.40. The SMILES string of the molecule is COc1ccc(C23CC(NC(=O)O)(C2)C3)cc1. The Morgan fingerprint density at radius 1 is 1.29 bits per heavy atom. The van der Waals surface area contributed by atoms with Crippen LogP contribution in [0.25, 0.3) is 0 Å².